The van der Waals surface area contributed by atoms with Crippen LogP contribution in [0.4, 0.5) is 4.79 Å². The van der Waals surface area contributed by atoms with Crippen LogP contribution >= 0.6 is 11.8 Å². The second kappa shape index (κ2) is 7.80. The summed E-state index contributed by atoms with van der Waals surface area (Å²) in [5, 5.41) is 8.78. The van der Waals surface area contributed by atoms with Gasteiger partial charge in [-0.2, -0.15) is 4.31 Å². The zero-order chi connectivity index (χ0) is 18.7. The van der Waals surface area contributed by atoms with Crippen molar-refractivity contribution in [2.45, 2.75) is 23.9 Å². The summed E-state index contributed by atoms with van der Waals surface area (Å²) < 4.78 is 33.4. The number of amides is 1. The molecule has 0 atom stereocenters. The van der Waals surface area contributed by atoms with Crippen LogP contribution < -0.4 is 0 Å². The van der Waals surface area contributed by atoms with E-state index < -0.39 is 10.0 Å². The van der Waals surface area contributed by atoms with Gasteiger partial charge >= 0.3 is 6.09 Å². The smallest absolute Gasteiger partial charge is 0.409 e. The van der Waals surface area contributed by atoms with E-state index in [0.717, 1.165) is 0 Å². The van der Waals surface area contributed by atoms with E-state index in [1.54, 1.807) is 27.6 Å². The molecule has 0 aliphatic carbocycles. The number of carbonyl (C=O) groups excluding carboxylic acids is 1. The highest BCUT2D eigenvalue weighted by Crippen LogP contribution is 2.21. The minimum atomic E-state index is -3.55. The molecular weight excluding hydrogens is 378 g/mol. The maximum atomic E-state index is 12.7. The van der Waals surface area contributed by atoms with Gasteiger partial charge in [0, 0.05) is 31.6 Å². The first-order chi connectivity index (χ1) is 12.5. The van der Waals surface area contributed by atoms with Crippen LogP contribution in [0.1, 0.15) is 13.8 Å². The Morgan fingerprint density at radius 3 is 2.69 bits per heavy atom. The normalized spacial score (nSPS) is 15.2. The molecule has 3 rings (SSSR count). The molecular formula is C15H21N5O4S2. The number of rotatable bonds is 8. The topological polar surface area (TPSA) is 97.1 Å². The van der Waals surface area contributed by atoms with E-state index in [0.29, 0.717) is 49.3 Å². The van der Waals surface area contributed by atoms with Crippen molar-refractivity contribution in [3.8, 4) is 0 Å². The monoisotopic (exact) mass is 399 g/mol. The molecule has 3 heterocycles. The summed E-state index contributed by atoms with van der Waals surface area (Å²) >= 11 is 1.42. The number of thioether (sulfide) groups is 1. The third-order valence-corrected chi connectivity index (χ3v) is 7.08. The molecule has 1 aliphatic rings. The van der Waals surface area contributed by atoms with E-state index in [-0.39, 0.29) is 11.0 Å². The van der Waals surface area contributed by atoms with Gasteiger partial charge in [-0.15, -0.1) is 10.2 Å². The maximum absolute atomic E-state index is 12.7. The van der Waals surface area contributed by atoms with Gasteiger partial charge in [0.1, 0.15) is 6.61 Å². The van der Waals surface area contributed by atoms with Crippen LogP contribution in [0.5, 0.6) is 0 Å². The lowest BCUT2D eigenvalue weighted by Gasteiger charge is -2.18. The Bertz CT molecular complexity index is 895. The zero-order valence-electron chi connectivity index (χ0n) is 14.7. The van der Waals surface area contributed by atoms with Gasteiger partial charge in [-0.25, -0.2) is 13.2 Å². The van der Waals surface area contributed by atoms with Gasteiger partial charge in [0.2, 0.25) is 10.0 Å². The van der Waals surface area contributed by atoms with Crippen molar-refractivity contribution in [2.75, 3.05) is 38.5 Å². The van der Waals surface area contributed by atoms with Gasteiger partial charge < -0.3 is 9.64 Å². The van der Waals surface area contributed by atoms with Crippen molar-refractivity contribution in [3.63, 3.8) is 0 Å². The first kappa shape index (κ1) is 18.9. The molecule has 9 nitrogen and oxygen atoms in total. The second-order valence-corrected chi connectivity index (χ2v) is 8.61. The largest absolute Gasteiger partial charge is 0.448 e. The van der Waals surface area contributed by atoms with Crippen molar-refractivity contribution in [2.24, 2.45) is 0 Å². The third kappa shape index (κ3) is 3.64. The molecule has 26 heavy (non-hydrogen) atoms. The minimum Gasteiger partial charge on any atom is -0.448 e. The molecule has 0 N–H and O–H groups in total. The lowest BCUT2D eigenvalue weighted by Crippen LogP contribution is -2.30. The number of nitrogens with zero attached hydrogens (tertiary/aromatic N) is 5. The fourth-order valence-electron chi connectivity index (χ4n) is 2.69. The van der Waals surface area contributed by atoms with Crippen molar-refractivity contribution < 1.29 is 17.9 Å². The van der Waals surface area contributed by atoms with Crippen molar-refractivity contribution in [1.82, 2.24) is 23.8 Å². The van der Waals surface area contributed by atoms with Gasteiger partial charge in [-0.05, 0) is 12.1 Å². The van der Waals surface area contributed by atoms with E-state index >= 15 is 0 Å². The highest BCUT2D eigenvalue weighted by atomic mass is 32.2. The van der Waals surface area contributed by atoms with E-state index in [1.807, 2.05) is 13.8 Å². The first-order valence-corrected chi connectivity index (χ1v) is 10.8. The highest BCUT2D eigenvalue weighted by molar-refractivity contribution is 7.99. The molecule has 1 saturated heterocycles. The SMILES string of the molecule is CCN(CC)S(=O)(=O)c1ccc2nnc(SCCN3CCOC3=O)n2c1. The van der Waals surface area contributed by atoms with Crippen LogP contribution in [0.2, 0.25) is 0 Å². The predicted molar refractivity (Wildman–Crippen MR) is 96.7 cm³/mol. The molecule has 1 amide bonds. The van der Waals surface area contributed by atoms with E-state index in [9.17, 15) is 13.2 Å². The predicted octanol–water partition coefficient (Wildman–Crippen LogP) is 1.30. The average Bonchev–Trinajstić information content (AvgIpc) is 3.22. The number of cyclic esters (lactones) is 1. The summed E-state index contributed by atoms with van der Waals surface area (Å²) in [6, 6.07) is 3.19. The minimum absolute atomic E-state index is 0.207. The number of aromatic nitrogens is 3. The number of fused-ring (bicyclic) bond motifs is 1. The van der Waals surface area contributed by atoms with Crippen molar-refractivity contribution >= 4 is 33.5 Å². The number of ether oxygens (including phenoxy) is 1. The molecule has 0 aromatic carbocycles. The summed E-state index contributed by atoms with van der Waals surface area (Å²) in [5.74, 6) is 0.614. The molecule has 0 unspecified atom stereocenters. The quantitative estimate of drug-likeness (QED) is 0.617. The van der Waals surface area contributed by atoms with Crippen LogP contribution in [0, 0.1) is 0 Å². The molecule has 2 aromatic heterocycles. The Labute approximate surface area is 156 Å². The number of hydrogen-bond donors (Lipinski definition) is 0. The summed E-state index contributed by atoms with van der Waals surface area (Å²) in [6.45, 7) is 5.98. The highest BCUT2D eigenvalue weighted by Gasteiger charge is 2.23. The van der Waals surface area contributed by atoms with E-state index in [2.05, 4.69) is 10.2 Å². The first-order valence-electron chi connectivity index (χ1n) is 8.36. The molecule has 0 saturated carbocycles. The Morgan fingerprint density at radius 2 is 2.04 bits per heavy atom. The van der Waals surface area contributed by atoms with E-state index in [4.69, 9.17) is 4.74 Å². The standard InChI is InChI=1S/C15H21N5O4S2/c1-3-19(4-2)26(22,23)12-5-6-13-16-17-14(20(13)11-12)25-10-8-18-7-9-24-15(18)21/h5-6,11H,3-4,7-10H2,1-2H3. The van der Waals surface area contributed by atoms with Gasteiger partial charge in [-0.3, -0.25) is 4.40 Å². The van der Waals surface area contributed by atoms with Crippen LogP contribution in [0.25, 0.3) is 5.65 Å². The average molecular weight is 399 g/mol. The molecule has 0 spiro atoms. The zero-order valence-corrected chi connectivity index (χ0v) is 16.3. The van der Waals surface area contributed by atoms with Crippen molar-refractivity contribution in [3.05, 3.63) is 18.3 Å². The van der Waals surface area contributed by atoms with Gasteiger partial charge in [0.15, 0.2) is 10.8 Å². The van der Waals surface area contributed by atoms with Crippen LogP contribution in [-0.2, 0) is 14.8 Å². The summed E-state index contributed by atoms with van der Waals surface area (Å²) in [5.41, 5.74) is 0.576. The molecule has 2 aromatic rings. The Balaban J connectivity index is 1.78. The third-order valence-electron chi connectivity index (χ3n) is 4.12. The summed E-state index contributed by atoms with van der Waals surface area (Å²) in [4.78, 5) is 13.3. The Morgan fingerprint density at radius 1 is 1.27 bits per heavy atom. The van der Waals surface area contributed by atoms with Crippen LogP contribution in [0.3, 0.4) is 0 Å². The Hall–Kier alpha value is -1.85. The van der Waals surface area contributed by atoms with Crippen LogP contribution in [0.15, 0.2) is 28.4 Å². The molecule has 0 bridgehead atoms. The molecule has 0 radical (unpaired) electrons. The number of hydrogen-bond acceptors (Lipinski definition) is 7. The van der Waals surface area contributed by atoms with Crippen LogP contribution in [-0.4, -0.2) is 76.9 Å². The maximum Gasteiger partial charge on any atom is 0.409 e. The fourth-order valence-corrected chi connectivity index (χ4v) is 5.02. The van der Waals surface area contributed by atoms with E-state index in [1.165, 1.54) is 16.1 Å². The van der Waals surface area contributed by atoms with Gasteiger partial charge in [-0.1, -0.05) is 25.6 Å². The fraction of sp³-hybridized carbons (Fsp3) is 0.533. The molecule has 11 heteroatoms. The van der Waals surface area contributed by atoms with Gasteiger partial charge in [0.25, 0.3) is 0 Å². The number of sulfonamides is 1. The van der Waals surface area contributed by atoms with Gasteiger partial charge in [0.05, 0.1) is 11.4 Å². The second-order valence-electron chi connectivity index (χ2n) is 5.61. The molecule has 142 valence electrons. The lowest BCUT2D eigenvalue weighted by molar-refractivity contribution is 0.160. The Kier molecular flexibility index (Phi) is 5.68. The van der Waals surface area contributed by atoms with Crippen molar-refractivity contribution in [1.29, 1.82) is 0 Å². The number of carbonyl (C=O) groups is 1. The summed E-state index contributed by atoms with van der Waals surface area (Å²) in [6.07, 6.45) is 1.25. The number of pyridine rings is 1. The molecule has 1 aliphatic heterocycles. The lowest BCUT2D eigenvalue weighted by atomic mass is 10.5. The molecule has 1 fully saturated rings. The summed E-state index contributed by atoms with van der Waals surface area (Å²) in [7, 11) is -3.55.